The molecule has 0 saturated carbocycles. The van der Waals surface area contributed by atoms with E-state index in [0.717, 1.165) is 94.1 Å². The Hall–Kier alpha value is -6.12. The summed E-state index contributed by atoms with van der Waals surface area (Å²) in [6.07, 6.45) is -22.9. The molecule has 0 aromatic rings. The van der Waals surface area contributed by atoms with E-state index in [1.54, 1.807) is 0 Å². The van der Waals surface area contributed by atoms with Crippen LogP contribution in [0.3, 0.4) is 0 Å². The van der Waals surface area contributed by atoms with Crippen LogP contribution in [0.5, 0.6) is 0 Å². The highest BCUT2D eigenvalue weighted by molar-refractivity contribution is 8.02. The van der Waals surface area contributed by atoms with Crippen molar-refractivity contribution in [3.63, 3.8) is 0 Å². The van der Waals surface area contributed by atoms with Crippen molar-refractivity contribution in [1.29, 1.82) is 0 Å². The molecule has 0 aromatic carbocycles. The highest BCUT2D eigenvalue weighted by Crippen LogP contribution is 2.37. The number of thioether (sulfide) groups is 8. The molecule has 43 nitrogen and oxygen atoms in total. The smallest absolute Gasteiger partial charge is 0.317 e. The van der Waals surface area contributed by atoms with Crippen LogP contribution in [-0.4, -0.2) is 393 Å². The molecule has 0 spiro atoms. The number of aliphatic carboxylic acids is 16. The largest absolute Gasteiger partial charge is 0.481 e. The first-order valence-electron chi connectivity index (χ1n) is 36.6. The van der Waals surface area contributed by atoms with Gasteiger partial charge in [0.2, 0.25) is 0 Å². The minimum atomic E-state index is -1.92. The Morgan fingerprint density at radius 1 is 0.227 bits per heavy atom. The van der Waals surface area contributed by atoms with Gasteiger partial charge in [-0.2, -0.15) is 0 Å². The summed E-state index contributed by atoms with van der Waals surface area (Å²) in [6.45, 7) is -3.83. The molecule has 2 heterocycles. The zero-order valence-corrected chi connectivity index (χ0v) is 70.4. The Bertz CT molecular complexity index is 3200. The van der Waals surface area contributed by atoms with Crippen molar-refractivity contribution >= 4 is 190 Å². The molecule has 119 heavy (non-hydrogen) atoms. The predicted octanol–water partition coefficient (Wildman–Crippen LogP) is 3.21. The number of carbonyl (C=O) groups is 16. The summed E-state index contributed by atoms with van der Waals surface area (Å²) in [5.41, 5.74) is 0. The molecule has 2 aliphatic rings. The second kappa shape index (κ2) is 62.1. The van der Waals surface area contributed by atoms with Gasteiger partial charge in [0.05, 0.1) is 71.2 Å². The van der Waals surface area contributed by atoms with Crippen molar-refractivity contribution in [3.05, 3.63) is 0 Å². The maximum Gasteiger partial charge on any atom is 0.317 e. The first-order chi connectivity index (χ1) is 56.3. The SMILES string of the molecule is O=C(O)CC(SCCCOC[C@H]1O[C@@H](O[C@H]2[C@H](OCCCSC(CC(=O)O)C(=O)O)[C@@H](OCCCSC(CC(=O)O)C(=O)O)[C@H](OCCCSC(CC(=O)O)C(=O)O)O[C@@H]2COCCCSC(CC(=O)O)C(=O)O)[C@H](OCCCSC(CC(=O)O)C(=O)O)[C@@H](OCCCSC(CC(=O)O)C(=O)O)[C@H]1OCCCSC(CC(=O)O)C(=O)O)C(=O)O. The van der Waals surface area contributed by atoms with Crippen LogP contribution in [0.15, 0.2) is 0 Å². The van der Waals surface area contributed by atoms with E-state index in [9.17, 15) is 158 Å². The Morgan fingerprint density at radius 2 is 0.412 bits per heavy atom. The van der Waals surface area contributed by atoms with E-state index >= 15 is 0 Å². The number of hydrogen-bond donors (Lipinski definition) is 16. The average Bonchev–Trinajstić information content (AvgIpc) is 0.768. The summed E-state index contributed by atoms with van der Waals surface area (Å²) < 4.78 is 73.1. The third kappa shape index (κ3) is 47.9. The molecule has 2 aliphatic heterocycles. The Balaban J connectivity index is 3.28. The van der Waals surface area contributed by atoms with Crippen molar-refractivity contribution in [1.82, 2.24) is 0 Å². The molecule has 0 bridgehead atoms. The van der Waals surface area contributed by atoms with E-state index < -0.39 is 277 Å². The van der Waals surface area contributed by atoms with Crippen LogP contribution < -0.4 is 0 Å². The molecule has 0 aromatic heterocycles. The molecule has 18 atom stereocenters. The van der Waals surface area contributed by atoms with Gasteiger partial charge in [-0.3, -0.25) is 76.7 Å². The number of carboxylic acid groups (broad SMARTS) is 16. The standard InChI is InChI=1S/C68H102O43S8/c69-45(70)25-37(59(85)86)112-17-1-9-101-33-35-53(103-11-3-19-114-39(61(89)90)27-47(73)74)55(104-12-4-20-115-40(62(91)92)28-48(75)76)58(107-15-7-23-118-43(65(97)98)31-51(81)82)68(110-35)111-54-36(34-102-10-2-18-113-38(60(87)88)26-46(71)72)109-67(108-16-8-24-119-44(66(99)100)32-52(83)84)57(106-14-6-22-117-42(64(95)96)30-50(79)80)56(54)105-13-5-21-116-41(63(93)94)29-49(77)78/h35-44,53-58,67-68H,1-34H2,(H,69,70)(H,71,72)(H,73,74)(H,75,76)(H,77,78)(H,79,80)(H,81,82)(H,83,84)(H,85,86)(H,87,88)(H,89,90)(H,91,92)(H,93,94)(H,95,96)(H,97,98)(H,99,100)/t35-,36-,37?,38?,39?,40?,41?,42?,43?,44?,53+,54-,55+,56+,57-,58-,67-,68+/m1/s1. The lowest BCUT2D eigenvalue weighted by Crippen LogP contribution is -2.66. The van der Waals surface area contributed by atoms with Gasteiger partial charge in [0.15, 0.2) is 12.6 Å². The van der Waals surface area contributed by atoms with E-state index in [1.807, 2.05) is 0 Å². The van der Waals surface area contributed by atoms with Gasteiger partial charge in [-0.15, -0.1) is 94.1 Å². The molecule has 0 aliphatic carbocycles. The maximum atomic E-state index is 12.3. The number of carboxylic acids is 16. The summed E-state index contributed by atoms with van der Waals surface area (Å²) in [4.78, 5) is 191. The molecule has 2 saturated heterocycles. The summed E-state index contributed by atoms with van der Waals surface area (Å²) >= 11 is 5.99. The number of rotatable bonds is 76. The first-order valence-corrected chi connectivity index (χ1v) is 45.0. The van der Waals surface area contributed by atoms with Crippen LogP contribution in [0, 0.1) is 0 Å². The third-order valence-corrected chi connectivity index (χ3v) is 26.5. The average molecular weight is 1860 g/mol. The number of ether oxygens (including phenoxy) is 11. The summed E-state index contributed by atoms with van der Waals surface area (Å²) in [5.74, 6) is -23.6. The van der Waals surface area contributed by atoms with E-state index in [-0.39, 0.29) is 137 Å². The minimum Gasteiger partial charge on any atom is -0.481 e. The van der Waals surface area contributed by atoms with Crippen LogP contribution in [0.25, 0.3) is 0 Å². The third-order valence-electron chi connectivity index (χ3n) is 16.1. The zero-order chi connectivity index (χ0) is 89.1. The van der Waals surface area contributed by atoms with Gasteiger partial charge in [0.1, 0.15) is 90.8 Å². The van der Waals surface area contributed by atoms with Gasteiger partial charge in [-0.05, 0) is 97.4 Å². The van der Waals surface area contributed by atoms with Gasteiger partial charge >= 0.3 is 95.5 Å². The second-order valence-corrected chi connectivity index (χ2v) is 36.1. The molecule has 680 valence electrons. The first kappa shape index (κ1) is 109. The summed E-state index contributed by atoms with van der Waals surface area (Å²) in [5, 5.41) is 143. The predicted molar refractivity (Wildman–Crippen MR) is 424 cm³/mol. The molecule has 51 heteroatoms. The van der Waals surface area contributed by atoms with Crippen LogP contribution in [0.2, 0.25) is 0 Å². The number of hydrogen-bond acceptors (Lipinski definition) is 35. The lowest BCUT2D eigenvalue weighted by Gasteiger charge is -2.50. The van der Waals surface area contributed by atoms with Crippen molar-refractivity contribution in [2.45, 2.75) is 206 Å². The Kier molecular flexibility index (Phi) is 56.8. The van der Waals surface area contributed by atoms with Crippen molar-refractivity contribution in [2.24, 2.45) is 0 Å². The molecular formula is C68H102O43S8. The van der Waals surface area contributed by atoms with Crippen molar-refractivity contribution < 1.29 is 211 Å². The normalized spacial score (nSPS) is 21.2. The van der Waals surface area contributed by atoms with Crippen LogP contribution in [0.4, 0.5) is 0 Å². The van der Waals surface area contributed by atoms with Crippen molar-refractivity contribution in [3.8, 4) is 0 Å². The van der Waals surface area contributed by atoms with Crippen LogP contribution in [0.1, 0.15) is 103 Å². The van der Waals surface area contributed by atoms with Gasteiger partial charge < -0.3 is 134 Å². The Labute approximate surface area is 714 Å². The van der Waals surface area contributed by atoms with E-state index in [0.29, 0.717) is 0 Å². The van der Waals surface area contributed by atoms with E-state index in [4.69, 9.17) is 52.1 Å². The maximum absolute atomic E-state index is 12.3. The fraction of sp³-hybridized carbons (Fsp3) is 0.765. The van der Waals surface area contributed by atoms with E-state index in [1.165, 1.54) is 0 Å². The fourth-order valence-corrected chi connectivity index (χ4v) is 18.5. The zero-order valence-electron chi connectivity index (χ0n) is 63.9. The summed E-state index contributed by atoms with van der Waals surface area (Å²) in [6, 6.07) is 0. The molecule has 0 amide bonds. The second-order valence-electron chi connectivity index (χ2n) is 25.6. The summed E-state index contributed by atoms with van der Waals surface area (Å²) in [7, 11) is 0. The monoisotopic (exact) mass is 1860 g/mol. The fourth-order valence-electron chi connectivity index (χ4n) is 10.7. The molecule has 2 rings (SSSR count). The van der Waals surface area contributed by atoms with Gasteiger partial charge in [-0.25, -0.2) is 0 Å². The quantitative estimate of drug-likeness (QED) is 0.0389. The molecular weight excluding hydrogens is 1760 g/mol. The van der Waals surface area contributed by atoms with Gasteiger partial charge in [-0.1, -0.05) is 0 Å². The molecule has 2 fully saturated rings. The van der Waals surface area contributed by atoms with Crippen LogP contribution in [-0.2, 0) is 129 Å². The lowest BCUT2D eigenvalue weighted by atomic mass is 9.96. The highest BCUT2D eigenvalue weighted by atomic mass is 32.2. The Morgan fingerprint density at radius 3 is 0.647 bits per heavy atom. The van der Waals surface area contributed by atoms with Gasteiger partial charge in [0.25, 0.3) is 0 Å². The topological polar surface area (TPSA) is 698 Å². The van der Waals surface area contributed by atoms with Crippen LogP contribution >= 0.6 is 94.1 Å². The van der Waals surface area contributed by atoms with Gasteiger partial charge in [0, 0.05) is 46.2 Å². The molecule has 0 radical (unpaired) electrons. The molecule has 8 unspecified atom stereocenters. The highest BCUT2D eigenvalue weighted by Gasteiger charge is 2.55. The molecule has 16 N–H and O–H groups in total. The lowest BCUT2D eigenvalue weighted by molar-refractivity contribution is -0.374. The van der Waals surface area contributed by atoms with E-state index in [2.05, 4.69) is 0 Å². The minimum absolute atomic E-state index is 0.00634. The van der Waals surface area contributed by atoms with Crippen molar-refractivity contribution in [2.75, 3.05) is 112 Å².